The summed E-state index contributed by atoms with van der Waals surface area (Å²) in [6.07, 6.45) is 3.63. The van der Waals surface area contributed by atoms with Crippen LogP contribution in [-0.4, -0.2) is 14.8 Å². The minimum absolute atomic E-state index is 0.700. The fourth-order valence-corrected chi connectivity index (χ4v) is 1.60. The average molecular weight is 202 g/mol. The Hall–Kier alpha value is -1.84. The van der Waals surface area contributed by atoms with E-state index in [4.69, 9.17) is 5.73 Å². The first-order valence-electron chi connectivity index (χ1n) is 4.80. The summed E-state index contributed by atoms with van der Waals surface area (Å²) in [7, 11) is 1.84. The molecule has 0 saturated carbocycles. The maximum atomic E-state index is 5.86. The third-order valence-corrected chi connectivity index (χ3v) is 2.49. The van der Waals surface area contributed by atoms with Gasteiger partial charge in [0.2, 0.25) is 0 Å². The van der Waals surface area contributed by atoms with Crippen LogP contribution < -0.4 is 5.73 Å². The first kappa shape index (κ1) is 9.71. The Morgan fingerprint density at radius 3 is 2.53 bits per heavy atom. The molecule has 0 saturated heterocycles. The molecule has 4 nitrogen and oxygen atoms in total. The molecule has 0 amide bonds. The standard InChI is InChI=1S/C11H14N4/c1-7-4-9(6-13-5-7)10-8(2)11(12)15(3)14-10/h4-6H,12H2,1-3H3. The zero-order chi connectivity index (χ0) is 11.0. The van der Waals surface area contributed by atoms with E-state index < -0.39 is 0 Å². The smallest absolute Gasteiger partial charge is 0.124 e. The van der Waals surface area contributed by atoms with Crippen molar-refractivity contribution in [3.63, 3.8) is 0 Å². The number of anilines is 1. The lowest BCUT2D eigenvalue weighted by Gasteiger charge is -1.98. The van der Waals surface area contributed by atoms with Crippen molar-refractivity contribution in [3.8, 4) is 11.3 Å². The largest absolute Gasteiger partial charge is 0.384 e. The maximum absolute atomic E-state index is 5.86. The molecule has 2 aromatic rings. The van der Waals surface area contributed by atoms with E-state index in [1.54, 1.807) is 4.68 Å². The van der Waals surface area contributed by atoms with Gasteiger partial charge in [0, 0.05) is 30.6 Å². The first-order valence-corrected chi connectivity index (χ1v) is 4.80. The Labute approximate surface area is 88.8 Å². The second-order valence-corrected chi connectivity index (χ2v) is 3.73. The van der Waals surface area contributed by atoms with E-state index in [-0.39, 0.29) is 0 Å². The van der Waals surface area contributed by atoms with Crippen LogP contribution in [-0.2, 0) is 7.05 Å². The van der Waals surface area contributed by atoms with Crippen LogP contribution in [0.1, 0.15) is 11.1 Å². The van der Waals surface area contributed by atoms with Gasteiger partial charge in [0.1, 0.15) is 5.82 Å². The molecule has 0 aromatic carbocycles. The van der Waals surface area contributed by atoms with Crippen molar-refractivity contribution < 1.29 is 0 Å². The Morgan fingerprint density at radius 1 is 1.27 bits per heavy atom. The van der Waals surface area contributed by atoms with Gasteiger partial charge in [0.05, 0.1) is 5.69 Å². The molecule has 78 valence electrons. The van der Waals surface area contributed by atoms with Crippen LogP contribution in [0.3, 0.4) is 0 Å². The van der Waals surface area contributed by atoms with E-state index in [9.17, 15) is 0 Å². The van der Waals surface area contributed by atoms with Gasteiger partial charge in [-0.1, -0.05) is 0 Å². The highest BCUT2D eigenvalue weighted by Gasteiger charge is 2.11. The van der Waals surface area contributed by atoms with Crippen molar-refractivity contribution in [3.05, 3.63) is 29.6 Å². The Kier molecular flexibility index (Phi) is 2.19. The molecule has 2 N–H and O–H groups in total. The molecule has 15 heavy (non-hydrogen) atoms. The monoisotopic (exact) mass is 202 g/mol. The summed E-state index contributed by atoms with van der Waals surface area (Å²) in [5.74, 6) is 0.700. The molecular formula is C11H14N4. The molecule has 0 fully saturated rings. The molecule has 0 bridgehead atoms. The zero-order valence-electron chi connectivity index (χ0n) is 9.15. The number of aromatic nitrogens is 3. The normalized spacial score (nSPS) is 10.6. The van der Waals surface area contributed by atoms with Crippen LogP contribution in [0.2, 0.25) is 0 Å². The Balaban J connectivity index is 2.59. The number of rotatable bonds is 1. The number of nitrogens with zero attached hydrogens (tertiary/aromatic N) is 3. The number of pyridine rings is 1. The minimum atomic E-state index is 0.700. The van der Waals surface area contributed by atoms with E-state index in [0.717, 1.165) is 22.4 Å². The average Bonchev–Trinajstić information content (AvgIpc) is 2.46. The predicted octanol–water partition coefficient (Wildman–Crippen LogP) is 1.68. The van der Waals surface area contributed by atoms with E-state index in [0.29, 0.717) is 5.82 Å². The fraction of sp³-hybridized carbons (Fsp3) is 0.273. The van der Waals surface area contributed by atoms with Crippen LogP contribution in [0.5, 0.6) is 0 Å². The topological polar surface area (TPSA) is 56.7 Å². The van der Waals surface area contributed by atoms with Crippen molar-refractivity contribution >= 4 is 5.82 Å². The number of hydrogen-bond acceptors (Lipinski definition) is 3. The molecule has 0 spiro atoms. The highest BCUT2D eigenvalue weighted by molar-refractivity contribution is 5.67. The van der Waals surface area contributed by atoms with Gasteiger partial charge in [-0.15, -0.1) is 0 Å². The summed E-state index contributed by atoms with van der Waals surface area (Å²) in [6.45, 7) is 3.98. The molecule has 0 unspecified atom stereocenters. The number of hydrogen-bond donors (Lipinski definition) is 1. The van der Waals surface area contributed by atoms with Crippen LogP contribution in [0, 0.1) is 13.8 Å². The van der Waals surface area contributed by atoms with Gasteiger partial charge in [0.25, 0.3) is 0 Å². The van der Waals surface area contributed by atoms with Gasteiger partial charge in [-0.05, 0) is 25.5 Å². The van der Waals surface area contributed by atoms with E-state index in [2.05, 4.69) is 16.1 Å². The van der Waals surface area contributed by atoms with Crippen molar-refractivity contribution in [2.24, 2.45) is 7.05 Å². The SMILES string of the molecule is Cc1cncc(-c2nn(C)c(N)c2C)c1. The zero-order valence-corrected chi connectivity index (χ0v) is 9.15. The van der Waals surface area contributed by atoms with Crippen molar-refractivity contribution in [1.29, 1.82) is 0 Å². The molecule has 0 aliphatic carbocycles. The molecule has 4 heteroatoms. The van der Waals surface area contributed by atoms with Gasteiger partial charge < -0.3 is 5.73 Å². The van der Waals surface area contributed by atoms with Gasteiger partial charge in [-0.3, -0.25) is 9.67 Å². The van der Waals surface area contributed by atoms with Crippen molar-refractivity contribution in [2.45, 2.75) is 13.8 Å². The molecule has 0 atom stereocenters. The van der Waals surface area contributed by atoms with Crippen LogP contribution in [0.15, 0.2) is 18.5 Å². The first-order chi connectivity index (χ1) is 7.09. The van der Waals surface area contributed by atoms with Gasteiger partial charge in [0.15, 0.2) is 0 Å². The lowest BCUT2D eigenvalue weighted by Crippen LogP contribution is -1.97. The molecule has 0 aliphatic heterocycles. The summed E-state index contributed by atoms with van der Waals surface area (Å²) in [4.78, 5) is 4.15. The van der Waals surface area contributed by atoms with Gasteiger partial charge in [-0.2, -0.15) is 5.10 Å². The second-order valence-electron chi connectivity index (χ2n) is 3.73. The van der Waals surface area contributed by atoms with Crippen LogP contribution in [0.4, 0.5) is 5.82 Å². The quantitative estimate of drug-likeness (QED) is 0.765. The lowest BCUT2D eigenvalue weighted by atomic mass is 10.1. The predicted molar refractivity (Wildman–Crippen MR) is 60.3 cm³/mol. The Bertz CT molecular complexity index is 499. The number of aryl methyl sites for hydroxylation is 2. The molecule has 0 radical (unpaired) electrons. The third kappa shape index (κ3) is 1.58. The van der Waals surface area contributed by atoms with Gasteiger partial charge >= 0.3 is 0 Å². The van der Waals surface area contributed by atoms with Gasteiger partial charge in [-0.25, -0.2) is 0 Å². The van der Waals surface area contributed by atoms with E-state index in [1.165, 1.54) is 0 Å². The Morgan fingerprint density at radius 2 is 2.00 bits per heavy atom. The lowest BCUT2D eigenvalue weighted by molar-refractivity contribution is 0.782. The summed E-state index contributed by atoms with van der Waals surface area (Å²) in [6, 6.07) is 2.06. The minimum Gasteiger partial charge on any atom is -0.384 e. The molecule has 2 aromatic heterocycles. The van der Waals surface area contributed by atoms with E-state index >= 15 is 0 Å². The maximum Gasteiger partial charge on any atom is 0.124 e. The van der Waals surface area contributed by atoms with Crippen molar-refractivity contribution in [1.82, 2.24) is 14.8 Å². The summed E-state index contributed by atoms with van der Waals surface area (Å²) in [5, 5.41) is 4.37. The molecular weight excluding hydrogens is 188 g/mol. The fourth-order valence-electron chi connectivity index (χ4n) is 1.60. The number of nitrogen functional groups attached to an aromatic ring is 1. The molecule has 0 aliphatic rings. The molecule has 2 rings (SSSR count). The molecule has 2 heterocycles. The third-order valence-electron chi connectivity index (χ3n) is 2.49. The van der Waals surface area contributed by atoms with Crippen LogP contribution in [0.25, 0.3) is 11.3 Å². The number of nitrogens with two attached hydrogens (primary N) is 1. The van der Waals surface area contributed by atoms with E-state index in [1.807, 2.05) is 33.3 Å². The summed E-state index contributed by atoms with van der Waals surface area (Å²) in [5.41, 5.74) is 9.91. The highest BCUT2D eigenvalue weighted by atomic mass is 15.3. The summed E-state index contributed by atoms with van der Waals surface area (Å²) >= 11 is 0. The highest BCUT2D eigenvalue weighted by Crippen LogP contribution is 2.25. The second kappa shape index (κ2) is 3.38. The van der Waals surface area contributed by atoms with Crippen LogP contribution >= 0.6 is 0 Å². The summed E-state index contributed by atoms with van der Waals surface area (Å²) < 4.78 is 1.69. The van der Waals surface area contributed by atoms with Crippen molar-refractivity contribution in [2.75, 3.05) is 5.73 Å².